The first-order valence-electron chi connectivity index (χ1n) is 9.23. The van der Waals surface area contributed by atoms with Crippen LogP contribution in [0.15, 0.2) is 52.4 Å². The number of carbonyl (C=O) groups is 2. The highest BCUT2D eigenvalue weighted by Gasteiger charge is 2.55. The zero-order valence-corrected chi connectivity index (χ0v) is 17.3. The van der Waals surface area contributed by atoms with E-state index in [2.05, 4.69) is 20.2 Å². The largest absolute Gasteiger partial charge is 0.355 e. The maximum Gasteiger partial charge on any atom is 0.290 e. The molecule has 0 atom stereocenters. The van der Waals surface area contributed by atoms with Crippen LogP contribution in [-0.4, -0.2) is 60.0 Å². The highest BCUT2D eigenvalue weighted by atomic mass is 32.2. The average molecular weight is 444 g/mol. The summed E-state index contributed by atoms with van der Waals surface area (Å²) in [5.74, 6) is 0.611. The predicted molar refractivity (Wildman–Crippen MR) is 111 cm³/mol. The number of anilines is 1. The molecule has 4 heterocycles. The van der Waals surface area contributed by atoms with Gasteiger partial charge in [0.1, 0.15) is 5.82 Å². The van der Waals surface area contributed by atoms with Crippen LogP contribution in [0.25, 0.3) is 6.08 Å². The van der Waals surface area contributed by atoms with Crippen molar-refractivity contribution in [3.8, 4) is 0 Å². The van der Waals surface area contributed by atoms with Gasteiger partial charge in [0.25, 0.3) is 11.1 Å². The molecule has 1 N–H and O–H groups in total. The molecule has 3 saturated heterocycles. The third kappa shape index (κ3) is 3.28. The second-order valence-electron chi connectivity index (χ2n) is 7.57. The molecule has 0 radical (unpaired) electrons. The summed E-state index contributed by atoms with van der Waals surface area (Å²) >= 11 is 0.821. The lowest BCUT2D eigenvalue weighted by atomic mass is 9.74. The number of nitrogens with zero attached hydrogens (tertiary/aromatic N) is 4. The molecule has 0 saturated carbocycles. The minimum absolute atomic E-state index is 0.0565. The molecule has 11 heteroatoms. The Morgan fingerprint density at radius 3 is 2.47 bits per heavy atom. The number of benzene rings is 1. The van der Waals surface area contributed by atoms with E-state index in [1.54, 1.807) is 42.6 Å². The molecule has 0 aliphatic carbocycles. The summed E-state index contributed by atoms with van der Waals surface area (Å²) in [4.78, 5) is 34.2. The average Bonchev–Trinajstić information content (AvgIpc) is 2.97. The van der Waals surface area contributed by atoms with Gasteiger partial charge in [-0.3, -0.25) is 14.9 Å². The number of sulfonamides is 1. The molecule has 1 aromatic heterocycles. The number of amides is 2. The minimum Gasteiger partial charge on any atom is -0.355 e. The van der Waals surface area contributed by atoms with Crippen LogP contribution in [0.4, 0.5) is 10.6 Å². The fourth-order valence-electron chi connectivity index (χ4n) is 3.89. The molecule has 154 valence electrons. The number of hydrogen-bond donors (Lipinski definition) is 1. The maximum atomic E-state index is 12.7. The van der Waals surface area contributed by atoms with Crippen LogP contribution in [0.2, 0.25) is 0 Å². The lowest BCUT2D eigenvalue weighted by Crippen LogP contribution is -2.73. The molecule has 3 aliphatic heterocycles. The highest BCUT2D eigenvalue weighted by molar-refractivity contribution is 8.18. The summed E-state index contributed by atoms with van der Waals surface area (Å²) in [6.45, 7) is 2.38. The van der Waals surface area contributed by atoms with Gasteiger partial charge in [0.2, 0.25) is 10.0 Å². The summed E-state index contributed by atoms with van der Waals surface area (Å²) in [6, 6.07) is 10.2. The van der Waals surface area contributed by atoms with Crippen LogP contribution in [0.5, 0.6) is 0 Å². The van der Waals surface area contributed by atoms with Crippen LogP contribution in [0.1, 0.15) is 5.82 Å². The van der Waals surface area contributed by atoms with Gasteiger partial charge in [0, 0.05) is 43.9 Å². The summed E-state index contributed by atoms with van der Waals surface area (Å²) < 4.78 is 26.9. The number of imide groups is 1. The van der Waals surface area contributed by atoms with E-state index in [1.807, 2.05) is 0 Å². The van der Waals surface area contributed by atoms with E-state index in [9.17, 15) is 18.0 Å². The highest BCUT2D eigenvalue weighted by Crippen LogP contribution is 2.43. The van der Waals surface area contributed by atoms with Crippen molar-refractivity contribution in [2.45, 2.75) is 4.90 Å². The summed E-state index contributed by atoms with van der Waals surface area (Å²) in [7, 11) is -3.45. The van der Waals surface area contributed by atoms with E-state index in [0.717, 1.165) is 11.8 Å². The van der Waals surface area contributed by atoms with Gasteiger partial charge >= 0.3 is 0 Å². The van der Waals surface area contributed by atoms with Gasteiger partial charge in [-0.15, -0.1) is 0 Å². The van der Waals surface area contributed by atoms with Gasteiger partial charge in [0.05, 0.1) is 9.80 Å². The quantitative estimate of drug-likeness (QED) is 0.704. The zero-order valence-electron chi connectivity index (χ0n) is 15.7. The summed E-state index contributed by atoms with van der Waals surface area (Å²) in [5.41, 5.74) is -0.0565. The first kappa shape index (κ1) is 19.2. The van der Waals surface area contributed by atoms with Crippen LogP contribution in [0, 0.1) is 5.41 Å². The van der Waals surface area contributed by atoms with Crippen molar-refractivity contribution in [3.05, 3.63) is 53.3 Å². The van der Waals surface area contributed by atoms with E-state index in [1.165, 1.54) is 10.4 Å². The van der Waals surface area contributed by atoms with Gasteiger partial charge in [-0.05, 0) is 30.0 Å². The molecule has 1 aromatic carbocycles. The first-order valence-corrected chi connectivity index (χ1v) is 11.5. The molecule has 9 nitrogen and oxygen atoms in total. The predicted octanol–water partition coefficient (Wildman–Crippen LogP) is 1.31. The monoisotopic (exact) mass is 443 g/mol. The Morgan fingerprint density at radius 2 is 1.80 bits per heavy atom. The minimum atomic E-state index is -3.45. The Morgan fingerprint density at radius 1 is 1.07 bits per heavy atom. The molecule has 2 aromatic rings. The number of aromatic nitrogens is 2. The lowest BCUT2D eigenvalue weighted by Gasteiger charge is -2.59. The number of carbonyl (C=O) groups excluding carboxylic acids is 2. The lowest BCUT2D eigenvalue weighted by molar-refractivity contribution is -0.115. The molecule has 5 rings (SSSR count). The fraction of sp³-hybridized carbons (Fsp3) is 0.263. The second kappa shape index (κ2) is 6.89. The third-order valence-electron chi connectivity index (χ3n) is 5.34. The molecule has 1 spiro atoms. The first-order chi connectivity index (χ1) is 14.3. The zero-order chi connectivity index (χ0) is 20.9. The van der Waals surface area contributed by atoms with Crippen molar-refractivity contribution >= 4 is 44.8 Å². The number of rotatable bonds is 4. The fourth-order valence-corrected chi connectivity index (χ4v) is 6.22. The van der Waals surface area contributed by atoms with Crippen LogP contribution >= 0.6 is 11.8 Å². The van der Waals surface area contributed by atoms with Gasteiger partial charge < -0.3 is 4.90 Å². The van der Waals surface area contributed by atoms with Crippen LogP contribution < -0.4 is 10.2 Å². The van der Waals surface area contributed by atoms with E-state index in [4.69, 9.17) is 0 Å². The third-order valence-corrected chi connectivity index (χ3v) is 7.96. The SMILES string of the molecule is O=C1NC(=O)C(=Cc2nccc(N3CC4(C3)CN(S(=O)(=O)c3ccccc3)C4)n2)S1. The maximum absolute atomic E-state index is 12.7. The van der Waals surface area contributed by atoms with E-state index in [-0.39, 0.29) is 10.3 Å². The normalized spacial score (nSPS) is 22.1. The second-order valence-corrected chi connectivity index (χ2v) is 10.5. The summed E-state index contributed by atoms with van der Waals surface area (Å²) in [5, 5.41) is 1.79. The topological polar surface area (TPSA) is 113 Å². The van der Waals surface area contributed by atoms with Gasteiger partial charge in [-0.25, -0.2) is 18.4 Å². The Labute approximate surface area is 177 Å². The molecular weight excluding hydrogens is 426 g/mol. The van der Waals surface area contributed by atoms with E-state index < -0.39 is 21.2 Å². The number of hydrogen-bond acceptors (Lipinski definition) is 8. The van der Waals surface area contributed by atoms with Crippen LogP contribution in [0.3, 0.4) is 0 Å². The van der Waals surface area contributed by atoms with Gasteiger partial charge in [0.15, 0.2) is 5.82 Å². The molecule has 0 unspecified atom stereocenters. The smallest absolute Gasteiger partial charge is 0.290 e. The molecular formula is C19H17N5O4S2. The van der Waals surface area contributed by atoms with Crippen LogP contribution in [-0.2, 0) is 14.8 Å². The molecule has 30 heavy (non-hydrogen) atoms. The van der Waals surface area contributed by atoms with Gasteiger partial charge in [-0.2, -0.15) is 4.31 Å². The standard InChI is InChI=1S/C19H17N5O4S2/c25-17-14(29-18(26)22-17)8-15-20-7-6-16(21-15)23-9-19(10-23)11-24(12-19)30(27,28)13-4-2-1-3-5-13/h1-8H,9-12H2,(H,22,25,26). The van der Waals surface area contributed by atoms with Crippen molar-refractivity contribution in [2.75, 3.05) is 31.1 Å². The van der Waals surface area contributed by atoms with Crippen molar-refractivity contribution in [1.82, 2.24) is 19.6 Å². The molecule has 0 bridgehead atoms. The summed E-state index contributed by atoms with van der Waals surface area (Å²) in [6.07, 6.45) is 3.09. The van der Waals surface area contributed by atoms with Crippen molar-refractivity contribution in [3.63, 3.8) is 0 Å². The van der Waals surface area contributed by atoms with E-state index in [0.29, 0.717) is 42.7 Å². The molecule has 2 amide bonds. The Balaban J connectivity index is 1.24. The van der Waals surface area contributed by atoms with E-state index >= 15 is 0 Å². The number of nitrogens with one attached hydrogen (secondary N) is 1. The number of thioether (sulfide) groups is 1. The Bertz CT molecular complexity index is 1170. The van der Waals surface area contributed by atoms with Gasteiger partial charge in [-0.1, -0.05) is 18.2 Å². The Hall–Kier alpha value is -2.76. The molecule has 3 fully saturated rings. The Kier molecular flexibility index (Phi) is 4.42. The van der Waals surface area contributed by atoms with Crippen molar-refractivity contribution < 1.29 is 18.0 Å². The molecule has 3 aliphatic rings. The van der Waals surface area contributed by atoms with Crippen molar-refractivity contribution in [2.24, 2.45) is 5.41 Å². The van der Waals surface area contributed by atoms with Crippen molar-refractivity contribution in [1.29, 1.82) is 0 Å².